The molecule has 1 atom stereocenters. The summed E-state index contributed by atoms with van der Waals surface area (Å²) in [4.78, 5) is 22.9. The number of H-pyrrole nitrogens is 1. The van der Waals surface area contributed by atoms with Gasteiger partial charge < -0.3 is 19.2 Å². The van der Waals surface area contributed by atoms with Crippen molar-refractivity contribution in [2.45, 2.75) is 38.3 Å². The molecule has 1 aromatic heterocycles. The molecule has 2 aromatic carbocycles. The first-order valence-electron chi connectivity index (χ1n) is 10.7. The fraction of sp³-hybridized carbons (Fsp3) is 0.417. The van der Waals surface area contributed by atoms with Crippen molar-refractivity contribution in [2.24, 2.45) is 0 Å². The molecule has 0 bridgehead atoms. The Balaban J connectivity index is 1.66. The molecule has 0 saturated carbocycles. The van der Waals surface area contributed by atoms with Crippen molar-refractivity contribution in [3.8, 4) is 17.2 Å². The Morgan fingerprint density at radius 2 is 1.74 bits per heavy atom. The van der Waals surface area contributed by atoms with Crippen LogP contribution in [0.4, 0.5) is 0 Å². The number of methoxy groups -OCH3 is 3. The van der Waals surface area contributed by atoms with Crippen LogP contribution in [-0.2, 0) is 6.54 Å². The van der Waals surface area contributed by atoms with Crippen LogP contribution >= 0.6 is 0 Å². The van der Waals surface area contributed by atoms with Gasteiger partial charge in [0.2, 0.25) is 0 Å². The van der Waals surface area contributed by atoms with E-state index in [1.165, 1.54) is 18.4 Å². The Hall–Kier alpha value is -3.06. The van der Waals surface area contributed by atoms with Crippen LogP contribution in [-0.4, -0.2) is 42.7 Å². The van der Waals surface area contributed by atoms with Crippen molar-refractivity contribution in [3.63, 3.8) is 0 Å². The van der Waals surface area contributed by atoms with E-state index >= 15 is 0 Å². The fourth-order valence-corrected chi connectivity index (χ4v) is 4.34. The summed E-state index contributed by atoms with van der Waals surface area (Å²) in [5.74, 6) is 2.59. The average molecular weight is 424 g/mol. The van der Waals surface area contributed by atoms with Crippen molar-refractivity contribution < 1.29 is 14.2 Å². The third kappa shape index (κ3) is 4.51. The zero-order valence-electron chi connectivity index (χ0n) is 18.3. The molecular weight excluding hydrogens is 394 g/mol. The number of nitrogens with one attached hydrogen (secondary N) is 1. The average Bonchev–Trinajstić information content (AvgIpc) is 3.03. The van der Waals surface area contributed by atoms with Gasteiger partial charge in [0.15, 0.2) is 11.5 Å². The largest absolute Gasteiger partial charge is 0.497 e. The van der Waals surface area contributed by atoms with Gasteiger partial charge in [-0.15, -0.1) is 0 Å². The number of hydrogen-bond donors (Lipinski definition) is 1. The molecule has 164 valence electrons. The van der Waals surface area contributed by atoms with Gasteiger partial charge in [0, 0.05) is 12.1 Å². The summed E-state index contributed by atoms with van der Waals surface area (Å²) >= 11 is 0. The van der Waals surface area contributed by atoms with Crippen molar-refractivity contribution in [1.82, 2.24) is 14.9 Å². The van der Waals surface area contributed by atoms with Crippen LogP contribution in [0, 0.1) is 0 Å². The SMILES string of the molecule is COc1ccc([C@@H]2CCCCCN2Cc2nc3cc(OC)c(OC)cc3c(=O)[nH]2)cc1. The van der Waals surface area contributed by atoms with E-state index in [0.717, 1.165) is 25.1 Å². The third-order valence-electron chi connectivity index (χ3n) is 5.98. The molecular formula is C24H29N3O4. The minimum atomic E-state index is -0.170. The molecule has 1 fully saturated rings. The fourth-order valence-electron chi connectivity index (χ4n) is 4.34. The summed E-state index contributed by atoms with van der Waals surface area (Å²) < 4.78 is 16.0. The topological polar surface area (TPSA) is 76.7 Å². The Labute approximate surface area is 182 Å². The molecule has 7 nitrogen and oxygen atoms in total. The number of aromatic amines is 1. The predicted octanol–water partition coefficient (Wildman–Crippen LogP) is 4.07. The zero-order chi connectivity index (χ0) is 21.8. The van der Waals surface area contributed by atoms with Gasteiger partial charge in [-0.2, -0.15) is 0 Å². The number of hydrogen-bond acceptors (Lipinski definition) is 6. The van der Waals surface area contributed by atoms with E-state index in [-0.39, 0.29) is 11.6 Å². The maximum Gasteiger partial charge on any atom is 0.258 e. The molecule has 3 aromatic rings. The first kappa shape index (κ1) is 21.2. The molecule has 1 N–H and O–H groups in total. The van der Waals surface area contributed by atoms with E-state index in [1.54, 1.807) is 33.5 Å². The molecule has 31 heavy (non-hydrogen) atoms. The van der Waals surface area contributed by atoms with Crippen LogP contribution in [0.5, 0.6) is 17.2 Å². The Morgan fingerprint density at radius 1 is 1.00 bits per heavy atom. The minimum absolute atomic E-state index is 0.170. The number of rotatable bonds is 6. The normalized spacial score (nSPS) is 17.3. The summed E-state index contributed by atoms with van der Waals surface area (Å²) in [5, 5.41) is 0.490. The van der Waals surface area contributed by atoms with E-state index < -0.39 is 0 Å². The van der Waals surface area contributed by atoms with Gasteiger partial charge in [0.1, 0.15) is 11.6 Å². The van der Waals surface area contributed by atoms with Gasteiger partial charge >= 0.3 is 0 Å². The van der Waals surface area contributed by atoms with Crippen LogP contribution in [0.3, 0.4) is 0 Å². The highest BCUT2D eigenvalue weighted by Gasteiger charge is 2.24. The Bertz CT molecular complexity index is 1090. The van der Waals surface area contributed by atoms with Crippen LogP contribution in [0.15, 0.2) is 41.2 Å². The van der Waals surface area contributed by atoms with Gasteiger partial charge in [0.25, 0.3) is 5.56 Å². The number of ether oxygens (including phenoxy) is 3. The molecule has 0 spiro atoms. The van der Waals surface area contributed by atoms with Crippen LogP contribution in [0.1, 0.15) is 43.1 Å². The van der Waals surface area contributed by atoms with E-state index in [1.807, 2.05) is 12.1 Å². The molecule has 1 saturated heterocycles. The number of aromatic nitrogens is 2. The molecule has 0 unspecified atom stereocenters. The molecule has 1 aliphatic heterocycles. The van der Waals surface area contributed by atoms with Crippen molar-refractivity contribution in [3.05, 3.63) is 58.1 Å². The number of fused-ring (bicyclic) bond motifs is 1. The summed E-state index contributed by atoms with van der Waals surface area (Å²) in [7, 11) is 4.81. The molecule has 2 heterocycles. The minimum Gasteiger partial charge on any atom is -0.497 e. The van der Waals surface area contributed by atoms with E-state index in [4.69, 9.17) is 19.2 Å². The molecule has 7 heteroatoms. The van der Waals surface area contributed by atoms with Gasteiger partial charge in [-0.25, -0.2) is 4.98 Å². The standard InChI is InChI=1S/C24H29N3O4/c1-29-17-10-8-16(9-11-17)20-7-5-4-6-12-27(20)15-23-25-19-14-22(31-3)21(30-2)13-18(19)24(28)26-23/h8-11,13-14,20H,4-7,12,15H2,1-3H3,(H,25,26,28)/t20-/m0/s1. The monoisotopic (exact) mass is 423 g/mol. The lowest BCUT2D eigenvalue weighted by Crippen LogP contribution is -2.30. The summed E-state index contributed by atoms with van der Waals surface area (Å²) in [6, 6.07) is 12.0. The predicted molar refractivity (Wildman–Crippen MR) is 120 cm³/mol. The van der Waals surface area contributed by atoms with E-state index in [0.29, 0.717) is 34.8 Å². The molecule has 1 aliphatic rings. The van der Waals surface area contributed by atoms with Crippen LogP contribution in [0.2, 0.25) is 0 Å². The number of likely N-dealkylation sites (tertiary alicyclic amines) is 1. The van der Waals surface area contributed by atoms with Gasteiger partial charge in [-0.1, -0.05) is 25.0 Å². The second-order valence-electron chi connectivity index (χ2n) is 7.85. The van der Waals surface area contributed by atoms with Crippen molar-refractivity contribution in [2.75, 3.05) is 27.9 Å². The lowest BCUT2D eigenvalue weighted by molar-refractivity contribution is 0.187. The van der Waals surface area contributed by atoms with Crippen LogP contribution < -0.4 is 19.8 Å². The summed E-state index contributed by atoms with van der Waals surface area (Å²) in [6.07, 6.45) is 4.61. The number of nitrogens with zero attached hydrogens (tertiary/aromatic N) is 2. The smallest absolute Gasteiger partial charge is 0.258 e. The van der Waals surface area contributed by atoms with E-state index in [9.17, 15) is 4.79 Å². The Morgan fingerprint density at radius 3 is 2.45 bits per heavy atom. The lowest BCUT2D eigenvalue weighted by Gasteiger charge is -2.30. The molecule has 0 radical (unpaired) electrons. The van der Waals surface area contributed by atoms with Crippen molar-refractivity contribution in [1.29, 1.82) is 0 Å². The molecule has 0 aliphatic carbocycles. The molecule has 0 amide bonds. The number of benzene rings is 2. The second-order valence-corrected chi connectivity index (χ2v) is 7.85. The third-order valence-corrected chi connectivity index (χ3v) is 5.98. The quantitative estimate of drug-likeness (QED) is 0.644. The van der Waals surface area contributed by atoms with Gasteiger partial charge in [0.05, 0.1) is 38.8 Å². The second kappa shape index (κ2) is 9.39. The maximum absolute atomic E-state index is 12.8. The van der Waals surface area contributed by atoms with Crippen LogP contribution in [0.25, 0.3) is 10.9 Å². The highest BCUT2D eigenvalue weighted by atomic mass is 16.5. The first-order chi connectivity index (χ1) is 15.1. The summed E-state index contributed by atoms with van der Waals surface area (Å²) in [5.41, 5.74) is 1.70. The lowest BCUT2D eigenvalue weighted by atomic mass is 10.0. The van der Waals surface area contributed by atoms with Gasteiger partial charge in [-0.3, -0.25) is 9.69 Å². The maximum atomic E-state index is 12.8. The van der Waals surface area contributed by atoms with E-state index in [2.05, 4.69) is 22.0 Å². The zero-order valence-corrected chi connectivity index (χ0v) is 18.3. The highest BCUT2D eigenvalue weighted by Crippen LogP contribution is 2.33. The highest BCUT2D eigenvalue weighted by molar-refractivity contribution is 5.81. The molecule has 4 rings (SSSR count). The van der Waals surface area contributed by atoms with Gasteiger partial charge in [-0.05, 0) is 43.1 Å². The Kier molecular flexibility index (Phi) is 6.42. The first-order valence-corrected chi connectivity index (χ1v) is 10.7. The summed E-state index contributed by atoms with van der Waals surface area (Å²) in [6.45, 7) is 1.54. The van der Waals surface area contributed by atoms with Crippen molar-refractivity contribution >= 4 is 10.9 Å².